The van der Waals surface area contributed by atoms with E-state index in [0.717, 1.165) is 14.6 Å². The number of fused-ring (bicyclic) bond motifs is 1. The van der Waals surface area contributed by atoms with Crippen molar-refractivity contribution in [3.05, 3.63) is 33.6 Å². The van der Waals surface area contributed by atoms with Crippen LogP contribution in [0.4, 0.5) is 0 Å². The van der Waals surface area contributed by atoms with Gasteiger partial charge in [0.1, 0.15) is 0 Å². The number of hydrogen-bond donors (Lipinski definition) is 0. The van der Waals surface area contributed by atoms with Gasteiger partial charge in [-0.3, -0.25) is 0 Å². The number of ether oxygens (including phenoxy) is 1. The normalized spacial score (nSPS) is 10.4. The monoisotopic (exact) mass is 270 g/mol. The highest BCUT2D eigenvalue weighted by atomic mass is 79.9. The third kappa shape index (κ3) is 1.44. The van der Waals surface area contributed by atoms with E-state index in [2.05, 4.69) is 15.9 Å². The summed E-state index contributed by atoms with van der Waals surface area (Å²) >= 11 is 4.96. The van der Waals surface area contributed by atoms with E-state index < -0.39 is 0 Å². The summed E-state index contributed by atoms with van der Waals surface area (Å²) in [5.41, 5.74) is 0.625. The van der Waals surface area contributed by atoms with Crippen molar-refractivity contribution in [2.75, 3.05) is 7.11 Å². The summed E-state index contributed by atoms with van der Waals surface area (Å²) in [6.45, 7) is 0. The van der Waals surface area contributed by atoms with Crippen molar-refractivity contribution in [2.24, 2.45) is 0 Å². The molecule has 0 fully saturated rings. The molecule has 2 rings (SSSR count). The standard InChI is InChI=1S/C10H7BrO2S/c1-13-10(12)6-5-14-8-4-2-3-7(11)9(6)8/h2-5H,1H3. The molecule has 0 atom stereocenters. The summed E-state index contributed by atoms with van der Waals surface area (Å²) in [7, 11) is 1.39. The molecule has 0 aliphatic rings. The molecule has 0 unspecified atom stereocenters. The maximum Gasteiger partial charge on any atom is 0.339 e. The van der Waals surface area contributed by atoms with Crippen molar-refractivity contribution in [3.63, 3.8) is 0 Å². The van der Waals surface area contributed by atoms with Crippen LogP contribution >= 0.6 is 27.3 Å². The maximum absolute atomic E-state index is 11.4. The summed E-state index contributed by atoms with van der Waals surface area (Å²) in [5.74, 6) is -0.289. The third-order valence-electron chi connectivity index (χ3n) is 1.95. The Morgan fingerprint density at radius 2 is 2.29 bits per heavy atom. The largest absolute Gasteiger partial charge is 0.465 e. The van der Waals surface area contributed by atoms with Gasteiger partial charge < -0.3 is 4.74 Å². The van der Waals surface area contributed by atoms with Gasteiger partial charge in [-0.15, -0.1) is 11.3 Å². The zero-order valence-electron chi connectivity index (χ0n) is 7.41. The fraction of sp³-hybridized carbons (Fsp3) is 0.100. The Labute approximate surface area is 93.6 Å². The number of esters is 1. The highest BCUT2D eigenvalue weighted by Crippen LogP contribution is 2.32. The SMILES string of the molecule is COC(=O)c1csc2cccc(Br)c12. The molecular weight excluding hydrogens is 264 g/mol. The van der Waals surface area contributed by atoms with Gasteiger partial charge in [0.2, 0.25) is 0 Å². The lowest BCUT2D eigenvalue weighted by Gasteiger charge is -1.98. The molecule has 0 aliphatic heterocycles. The first-order valence-electron chi connectivity index (χ1n) is 3.98. The molecule has 0 saturated heterocycles. The Kier molecular flexibility index (Phi) is 2.56. The van der Waals surface area contributed by atoms with Crippen LogP contribution in [-0.4, -0.2) is 13.1 Å². The molecule has 4 heteroatoms. The lowest BCUT2D eigenvalue weighted by Crippen LogP contribution is -1.99. The summed E-state index contributed by atoms with van der Waals surface area (Å²) in [6, 6.07) is 5.85. The molecule has 72 valence electrons. The van der Waals surface area contributed by atoms with Gasteiger partial charge in [-0.05, 0) is 12.1 Å². The van der Waals surface area contributed by atoms with Gasteiger partial charge in [0.15, 0.2) is 0 Å². The summed E-state index contributed by atoms with van der Waals surface area (Å²) in [5, 5.41) is 2.76. The first kappa shape index (κ1) is 9.68. The Morgan fingerprint density at radius 3 is 3.00 bits per heavy atom. The van der Waals surface area contributed by atoms with Crippen LogP contribution in [0, 0.1) is 0 Å². The van der Waals surface area contributed by atoms with Crippen LogP contribution in [0.3, 0.4) is 0 Å². The van der Waals surface area contributed by atoms with Crippen LogP contribution in [-0.2, 0) is 4.74 Å². The molecule has 0 N–H and O–H groups in total. The average molecular weight is 271 g/mol. The van der Waals surface area contributed by atoms with Crippen LogP contribution in [0.5, 0.6) is 0 Å². The van der Waals surface area contributed by atoms with E-state index in [1.54, 1.807) is 11.3 Å². The van der Waals surface area contributed by atoms with Crippen molar-refractivity contribution in [2.45, 2.75) is 0 Å². The van der Waals surface area contributed by atoms with E-state index in [9.17, 15) is 4.79 Å². The number of hydrogen-bond acceptors (Lipinski definition) is 3. The summed E-state index contributed by atoms with van der Waals surface area (Å²) < 4.78 is 6.72. The number of carbonyl (C=O) groups is 1. The third-order valence-corrected chi connectivity index (χ3v) is 3.56. The molecule has 0 saturated carbocycles. The minimum atomic E-state index is -0.289. The van der Waals surface area contributed by atoms with Crippen molar-refractivity contribution in [3.8, 4) is 0 Å². The molecule has 2 aromatic rings. The van der Waals surface area contributed by atoms with Gasteiger partial charge >= 0.3 is 5.97 Å². The molecule has 0 spiro atoms. The number of halogens is 1. The zero-order valence-corrected chi connectivity index (χ0v) is 9.81. The predicted octanol–water partition coefficient (Wildman–Crippen LogP) is 3.45. The molecule has 2 nitrogen and oxygen atoms in total. The fourth-order valence-electron chi connectivity index (χ4n) is 1.31. The minimum Gasteiger partial charge on any atom is -0.465 e. The Hall–Kier alpha value is -0.870. The van der Waals surface area contributed by atoms with Crippen LogP contribution in [0.1, 0.15) is 10.4 Å². The minimum absolute atomic E-state index is 0.289. The molecule has 0 radical (unpaired) electrons. The maximum atomic E-state index is 11.4. The Balaban J connectivity index is 2.73. The molecule has 14 heavy (non-hydrogen) atoms. The van der Waals surface area contributed by atoms with Crippen molar-refractivity contribution in [1.82, 2.24) is 0 Å². The lowest BCUT2D eigenvalue weighted by atomic mass is 10.2. The van der Waals surface area contributed by atoms with Gasteiger partial charge in [0.05, 0.1) is 12.7 Å². The van der Waals surface area contributed by atoms with Crippen LogP contribution < -0.4 is 0 Å². The van der Waals surface area contributed by atoms with E-state index in [4.69, 9.17) is 4.74 Å². The van der Waals surface area contributed by atoms with Crippen molar-refractivity contribution >= 4 is 43.3 Å². The second-order valence-electron chi connectivity index (χ2n) is 2.75. The lowest BCUT2D eigenvalue weighted by molar-refractivity contribution is 0.0603. The topological polar surface area (TPSA) is 26.3 Å². The van der Waals surface area contributed by atoms with Crippen molar-refractivity contribution < 1.29 is 9.53 Å². The molecule has 1 aromatic heterocycles. The average Bonchev–Trinajstić information content (AvgIpc) is 2.62. The number of carbonyl (C=O) groups excluding carboxylic acids is 1. The van der Waals surface area contributed by atoms with Crippen LogP contribution in [0.15, 0.2) is 28.1 Å². The molecule has 1 aromatic carbocycles. The molecule has 0 aliphatic carbocycles. The number of rotatable bonds is 1. The quantitative estimate of drug-likeness (QED) is 0.742. The summed E-state index contributed by atoms with van der Waals surface area (Å²) in [4.78, 5) is 11.4. The summed E-state index contributed by atoms with van der Waals surface area (Å²) in [6.07, 6.45) is 0. The first-order chi connectivity index (χ1) is 6.74. The number of benzene rings is 1. The fourth-order valence-corrected chi connectivity index (χ4v) is 2.97. The Morgan fingerprint density at radius 1 is 1.50 bits per heavy atom. The van der Waals surface area contributed by atoms with E-state index in [1.807, 2.05) is 23.6 Å². The van der Waals surface area contributed by atoms with Gasteiger partial charge in [-0.2, -0.15) is 0 Å². The van der Waals surface area contributed by atoms with Crippen LogP contribution in [0.2, 0.25) is 0 Å². The van der Waals surface area contributed by atoms with E-state index in [-0.39, 0.29) is 5.97 Å². The second kappa shape index (κ2) is 3.71. The number of methoxy groups -OCH3 is 1. The Bertz CT molecular complexity index is 490. The van der Waals surface area contributed by atoms with E-state index >= 15 is 0 Å². The molecule has 0 bridgehead atoms. The molecule has 0 amide bonds. The highest BCUT2D eigenvalue weighted by molar-refractivity contribution is 9.10. The molecule has 1 heterocycles. The first-order valence-corrected chi connectivity index (χ1v) is 5.65. The van der Waals surface area contributed by atoms with Gasteiger partial charge in [0, 0.05) is 19.9 Å². The van der Waals surface area contributed by atoms with Gasteiger partial charge in [0.25, 0.3) is 0 Å². The van der Waals surface area contributed by atoms with Crippen LogP contribution in [0.25, 0.3) is 10.1 Å². The molecular formula is C10H7BrO2S. The van der Waals surface area contributed by atoms with Crippen molar-refractivity contribution in [1.29, 1.82) is 0 Å². The van der Waals surface area contributed by atoms with Gasteiger partial charge in [-0.1, -0.05) is 22.0 Å². The smallest absolute Gasteiger partial charge is 0.339 e. The number of thiophene rings is 1. The highest BCUT2D eigenvalue weighted by Gasteiger charge is 2.14. The van der Waals surface area contributed by atoms with E-state index in [0.29, 0.717) is 5.56 Å². The second-order valence-corrected chi connectivity index (χ2v) is 4.52. The van der Waals surface area contributed by atoms with E-state index in [1.165, 1.54) is 7.11 Å². The zero-order chi connectivity index (χ0) is 10.1. The predicted molar refractivity (Wildman–Crippen MR) is 60.9 cm³/mol. The van der Waals surface area contributed by atoms with Gasteiger partial charge in [-0.25, -0.2) is 4.79 Å².